The second-order valence-electron chi connectivity index (χ2n) is 4.49. The fourth-order valence-corrected chi connectivity index (χ4v) is 2.17. The first-order valence-electron chi connectivity index (χ1n) is 5.88. The Morgan fingerprint density at radius 1 is 1.20 bits per heavy atom. The van der Waals surface area contributed by atoms with Crippen LogP contribution in [0.3, 0.4) is 0 Å². The predicted octanol–water partition coefficient (Wildman–Crippen LogP) is 3.84. The summed E-state index contributed by atoms with van der Waals surface area (Å²) in [7, 11) is 0. The Hall–Kier alpha value is -1.78. The Bertz CT molecular complexity index is 643. The molecule has 0 fully saturated rings. The summed E-state index contributed by atoms with van der Waals surface area (Å²) in [6, 6.07) is 6.66. The normalized spacial score (nSPS) is 10.4. The molecule has 0 bridgehead atoms. The third kappa shape index (κ3) is 3.21. The smallest absolute Gasteiger partial charge is 0.256 e. The van der Waals surface area contributed by atoms with Gasteiger partial charge in [0.05, 0.1) is 15.7 Å². The highest BCUT2D eigenvalue weighted by atomic mass is 35.5. The van der Waals surface area contributed by atoms with Crippen LogP contribution < -0.4 is 11.1 Å². The van der Waals surface area contributed by atoms with E-state index in [1.807, 2.05) is 19.9 Å². The van der Waals surface area contributed by atoms with Crippen molar-refractivity contribution in [2.24, 2.45) is 0 Å². The summed E-state index contributed by atoms with van der Waals surface area (Å²) in [6.07, 6.45) is 0. The Labute approximate surface area is 126 Å². The van der Waals surface area contributed by atoms with Gasteiger partial charge >= 0.3 is 0 Å². The average molecular weight is 310 g/mol. The molecule has 0 saturated heterocycles. The van der Waals surface area contributed by atoms with Gasteiger partial charge < -0.3 is 11.1 Å². The van der Waals surface area contributed by atoms with Gasteiger partial charge in [-0.05, 0) is 43.7 Å². The zero-order valence-corrected chi connectivity index (χ0v) is 12.5. The highest BCUT2D eigenvalue weighted by molar-refractivity contribution is 6.44. The molecule has 0 aliphatic heterocycles. The van der Waals surface area contributed by atoms with Crippen LogP contribution in [0.5, 0.6) is 0 Å². The van der Waals surface area contributed by atoms with Crippen molar-refractivity contribution in [1.82, 2.24) is 4.98 Å². The number of benzene rings is 1. The minimum atomic E-state index is -0.340. The monoisotopic (exact) mass is 309 g/mol. The molecule has 4 nitrogen and oxygen atoms in total. The number of halogens is 2. The molecule has 0 atom stereocenters. The highest BCUT2D eigenvalue weighted by Gasteiger charge is 2.12. The molecular formula is C14H13Cl2N3O. The number of nitrogens with one attached hydrogen (secondary N) is 1. The summed E-state index contributed by atoms with van der Waals surface area (Å²) < 4.78 is 0. The van der Waals surface area contributed by atoms with Crippen LogP contribution in [0.2, 0.25) is 10.0 Å². The van der Waals surface area contributed by atoms with Gasteiger partial charge in [-0.25, -0.2) is 4.98 Å². The molecule has 1 amide bonds. The van der Waals surface area contributed by atoms with E-state index in [4.69, 9.17) is 28.9 Å². The third-order valence-electron chi connectivity index (χ3n) is 2.66. The van der Waals surface area contributed by atoms with Crippen molar-refractivity contribution in [2.45, 2.75) is 13.8 Å². The second-order valence-corrected chi connectivity index (χ2v) is 5.27. The summed E-state index contributed by atoms with van der Waals surface area (Å²) >= 11 is 11.8. The maximum absolute atomic E-state index is 12.1. The van der Waals surface area contributed by atoms with Crippen LogP contribution in [0.15, 0.2) is 24.3 Å². The molecule has 1 aromatic heterocycles. The summed E-state index contributed by atoms with van der Waals surface area (Å²) in [5.74, 6) is 0.143. The summed E-state index contributed by atoms with van der Waals surface area (Å²) in [4.78, 5) is 16.4. The van der Waals surface area contributed by atoms with E-state index in [-0.39, 0.29) is 21.6 Å². The lowest BCUT2D eigenvalue weighted by Gasteiger charge is -2.08. The van der Waals surface area contributed by atoms with E-state index in [9.17, 15) is 4.79 Å². The van der Waals surface area contributed by atoms with Gasteiger partial charge in [-0.15, -0.1) is 0 Å². The first-order chi connectivity index (χ1) is 9.36. The molecule has 0 radical (unpaired) electrons. The predicted molar refractivity (Wildman–Crippen MR) is 82.5 cm³/mol. The molecule has 2 aromatic rings. The number of anilines is 2. The fraction of sp³-hybridized carbons (Fsp3) is 0.143. The van der Waals surface area contributed by atoms with E-state index >= 15 is 0 Å². The first-order valence-corrected chi connectivity index (χ1v) is 6.63. The molecule has 6 heteroatoms. The molecule has 2 rings (SSSR count). The van der Waals surface area contributed by atoms with Crippen molar-refractivity contribution < 1.29 is 4.79 Å². The number of nitrogens with zero attached hydrogens (tertiary/aromatic N) is 1. The van der Waals surface area contributed by atoms with E-state index in [1.54, 1.807) is 6.07 Å². The zero-order chi connectivity index (χ0) is 14.9. The molecule has 1 aromatic carbocycles. The number of nitrogen functional groups attached to an aromatic ring is 1. The van der Waals surface area contributed by atoms with E-state index in [2.05, 4.69) is 10.3 Å². The van der Waals surface area contributed by atoms with Gasteiger partial charge in [-0.2, -0.15) is 0 Å². The van der Waals surface area contributed by atoms with Crippen LogP contribution in [0, 0.1) is 13.8 Å². The number of aromatic nitrogens is 1. The van der Waals surface area contributed by atoms with Crippen molar-refractivity contribution in [1.29, 1.82) is 0 Å². The third-order valence-corrected chi connectivity index (χ3v) is 3.47. The van der Waals surface area contributed by atoms with Crippen LogP contribution in [0.25, 0.3) is 0 Å². The Kier molecular flexibility index (Phi) is 4.16. The molecule has 1 heterocycles. The van der Waals surface area contributed by atoms with Crippen LogP contribution in [0.4, 0.5) is 11.5 Å². The van der Waals surface area contributed by atoms with E-state index in [0.717, 1.165) is 11.3 Å². The number of rotatable bonds is 2. The number of aryl methyl sites for hydroxylation is 2. The lowest BCUT2D eigenvalue weighted by atomic mass is 10.2. The number of carbonyl (C=O) groups is 1. The van der Waals surface area contributed by atoms with Gasteiger partial charge in [-0.1, -0.05) is 23.2 Å². The van der Waals surface area contributed by atoms with Gasteiger partial charge in [-0.3, -0.25) is 4.79 Å². The lowest BCUT2D eigenvalue weighted by molar-refractivity contribution is 0.102. The first kappa shape index (κ1) is 14.6. The van der Waals surface area contributed by atoms with Crippen LogP contribution >= 0.6 is 23.2 Å². The van der Waals surface area contributed by atoms with E-state index in [0.29, 0.717) is 11.4 Å². The molecule has 104 valence electrons. The fourth-order valence-electron chi connectivity index (χ4n) is 1.84. The lowest BCUT2D eigenvalue weighted by Crippen LogP contribution is -2.14. The molecule has 0 spiro atoms. The standard InChI is InChI=1S/C14H13Cl2N3O/c1-7-3-8(2)18-12(4-7)19-14(20)9-5-10(15)13(16)11(17)6-9/h3-6H,17H2,1-2H3,(H,18,19,20). The number of hydrogen-bond donors (Lipinski definition) is 2. The molecular weight excluding hydrogens is 297 g/mol. The van der Waals surface area contributed by atoms with Crippen molar-refractivity contribution in [2.75, 3.05) is 11.1 Å². The SMILES string of the molecule is Cc1cc(C)nc(NC(=O)c2cc(N)c(Cl)c(Cl)c2)c1. The molecule has 0 aliphatic rings. The van der Waals surface area contributed by atoms with Gasteiger partial charge in [0.2, 0.25) is 0 Å². The van der Waals surface area contributed by atoms with E-state index < -0.39 is 0 Å². The van der Waals surface area contributed by atoms with Crippen molar-refractivity contribution >= 4 is 40.6 Å². The summed E-state index contributed by atoms with van der Waals surface area (Å²) in [5, 5.41) is 3.19. The molecule has 20 heavy (non-hydrogen) atoms. The summed E-state index contributed by atoms with van der Waals surface area (Å²) in [5.41, 5.74) is 8.12. The maximum atomic E-state index is 12.1. The topological polar surface area (TPSA) is 68.0 Å². The van der Waals surface area contributed by atoms with Crippen LogP contribution in [-0.4, -0.2) is 10.9 Å². The van der Waals surface area contributed by atoms with Crippen molar-refractivity contribution in [3.63, 3.8) is 0 Å². The van der Waals surface area contributed by atoms with E-state index in [1.165, 1.54) is 12.1 Å². The highest BCUT2D eigenvalue weighted by Crippen LogP contribution is 2.29. The maximum Gasteiger partial charge on any atom is 0.256 e. The van der Waals surface area contributed by atoms with Gasteiger partial charge in [0.25, 0.3) is 5.91 Å². The van der Waals surface area contributed by atoms with Crippen LogP contribution in [-0.2, 0) is 0 Å². The number of hydrogen-bond acceptors (Lipinski definition) is 3. The van der Waals surface area contributed by atoms with Gasteiger partial charge in [0.15, 0.2) is 0 Å². The Morgan fingerprint density at radius 2 is 1.90 bits per heavy atom. The number of nitrogens with two attached hydrogens (primary N) is 1. The Morgan fingerprint density at radius 3 is 2.50 bits per heavy atom. The average Bonchev–Trinajstić information content (AvgIpc) is 2.33. The zero-order valence-electron chi connectivity index (χ0n) is 11.0. The Balaban J connectivity index is 2.28. The van der Waals surface area contributed by atoms with Crippen molar-refractivity contribution in [3.05, 3.63) is 51.1 Å². The molecule has 3 N–H and O–H groups in total. The second kappa shape index (κ2) is 5.69. The summed E-state index contributed by atoms with van der Waals surface area (Å²) in [6.45, 7) is 3.79. The minimum Gasteiger partial charge on any atom is -0.397 e. The molecule has 0 aliphatic carbocycles. The largest absolute Gasteiger partial charge is 0.397 e. The number of amides is 1. The number of pyridine rings is 1. The van der Waals surface area contributed by atoms with Crippen molar-refractivity contribution in [3.8, 4) is 0 Å². The minimum absolute atomic E-state index is 0.241. The van der Waals surface area contributed by atoms with Gasteiger partial charge in [0.1, 0.15) is 5.82 Å². The number of carbonyl (C=O) groups excluding carboxylic acids is 1. The molecule has 0 unspecified atom stereocenters. The van der Waals surface area contributed by atoms with Crippen LogP contribution in [0.1, 0.15) is 21.6 Å². The quantitative estimate of drug-likeness (QED) is 0.828. The van der Waals surface area contributed by atoms with Gasteiger partial charge in [0, 0.05) is 11.3 Å². The molecule has 0 saturated carbocycles.